The van der Waals surface area contributed by atoms with Crippen molar-refractivity contribution in [3.8, 4) is 0 Å². The van der Waals surface area contributed by atoms with Gasteiger partial charge in [-0.2, -0.15) is 0 Å². The fourth-order valence-electron chi connectivity index (χ4n) is 2.01. The molecule has 0 aliphatic heterocycles. The first-order valence-corrected chi connectivity index (χ1v) is 6.44. The summed E-state index contributed by atoms with van der Waals surface area (Å²) in [6, 6.07) is 3.99. The van der Waals surface area contributed by atoms with Crippen molar-refractivity contribution in [2.24, 2.45) is 0 Å². The number of aromatic nitrogens is 1. The number of pyridine rings is 1. The van der Waals surface area contributed by atoms with Gasteiger partial charge in [0.15, 0.2) is 0 Å². The number of likely N-dealkylation sites (N-methyl/N-ethyl adjacent to an activating group) is 1. The summed E-state index contributed by atoms with van der Waals surface area (Å²) >= 11 is 0. The second-order valence-electron chi connectivity index (χ2n) is 4.59. The van der Waals surface area contributed by atoms with Gasteiger partial charge in [0, 0.05) is 31.0 Å². The van der Waals surface area contributed by atoms with Crippen molar-refractivity contribution in [3.63, 3.8) is 0 Å². The first-order valence-electron chi connectivity index (χ1n) is 6.44. The van der Waals surface area contributed by atoms with E-state index in [1.807, 2.05) is 0 Å². The second kappa shape index (κ2) is 5.82. The number of nitrogen functional groups attached to an aromatic ring is 1. The number of rotatable bonds is 6. The number of nitrogens with one attached hydrogen (secondary N) is 1. The van der Waals surface area contributed by atoms with Crippen molar-refractivity contribution in [2.75, 3.05) is 25.4 Å². The Morgan fingerprint density at radius 2 is 2.39 bits per heavy atom. The average molecular weight is 248 g/mol. The molecule has 1 aromatic heterocycles. The number of carbonyl (C=O) groups is 1. The number of nitrogens with two attached hydrogens (primary N) is 1. The van der Waals surface area contributed by atoms with E-state index in [0.29, 0.717) is 17.9 Å². The van der Waals surface area contributed by atoms with Crippen LogP contribution in [0, 0.1) is 0 Å². The summed E-state index contributed by atoms with van der Waals surface area (Å²) < 4.78 is 0. The first-order chi connectivity index (χ1) is 8.70. The molecule has 1 heterocycles. The highest BCUT2D eigenvalue weighted by molar-refractivity contribution is 5.92. The highest BCUT2D eigenvalue weighted by atomic mass is 16.1. The summed E-state index contributed by atoms with van der Waals surface area (Å²) in [4.78, 5) is 18.2. The van der Waals surface area contributed by atoms with Crippen LogP contribution in [-0.2, 0) is 0 Å². The first kappa shape index (κ1) is 12.8. The molecule has 0 radical (unpaired) electrons. The Kier molecular flexibility index (Phi) is 4.15. The number of amides is 1. The van der Waals surface area contributed by atoms with E-state index < -0.39 is 0 Å². The highest BCUT2D eigenvalue weighted by Gasteiger charge is 2.27. The summed E-state index contributed by atoms with van der Waals surface area (Å²) in [5, 5.41) is 2.87. The molecule has 5 heteroatoms. The quantitative estimate of drug-likeness (QED) is 0.784. The van der Waals surface area contributed by atoms with Crippen LogP contribution in [-0.4, -0.2) is 41.5 Å². The maximum Gasteiger partial charge on any atom is 0.269 e. The molecular formula is C13H20N4O. The third-order valence-corrected chi connectivity index (χ3v) is 3.17. The molecule has 0 aromatic carbocycles. The number of hydrogen-bond acceptors (Lipinski definition) is 4. The number of anilines is 1. The van der Waals surface area contributed by atoms with Gasteiger partial charge in [-0.3, -0.25) is 14.7 Å². The zero-order chi connectivity index (χ0) is 13.0. The molecule has 18 heavy (non-hydrogen) atoms. The standard InChI is InChI=1S/C13H20N4O/c1-2-17(11-3-4-11)8-7-16-13(18)12-9-10(14)5-6-15-12/h5-6,9,11H,2-4,7-8H2,1H3,(H2,14,15)(H,16,18). The molecular weight excluding hydrogens is 228 g/mol. The lowest BCUT2D eigenvalue weighted by Gasteiger charge is -2.19. The highest BCUT2D eigenvalue weighted by Crippen LogP contribution is 2.25. The van der Waals surface area contributed by atoms with Crippen LogP contribution in [0.5, 0.6) is 0 Å². The van der Waals surface area contributed by atoms with E-state index in [2.05, 4.69) is 22.1 Å². The molecule has 0 spiro atoms. The Morgan fingerprint density at radius 3 is 3.00 bits per heavy atom. The van der Waals surface area contributed by atoms with E-state index in [4.69, 9.17) is 5.73 Å². The van der Waals surface area contributed by atoms with Crippen LogP contribution in [0.1, 0.15) is 30.3 Å². The maximum atomic E-state index is 11.8. The van der Waals surface area contributed by atoms with E-state index in [-0.39, 0.29) is 5.91 Å². The van der Waals surface area contributed by atoms with Gasteiger partial charge in [0.05, 0.1) is 0 Å². The average Bonchev–Trinajstić information content (AvgIpc) is 3.18. The Labute approximate surface area is 107 Å². The largest absolute Gasteiger partial charge is 0.399 e. The molecule has 1 saturated carbocycles. The molecule has 1 aliphatic carbocycles. The van der Waals surface area contributed by atoms with E-state index in [1.165, 1.54) is 12.8 Å². The van der Waals surface area contributed by atoms with E-state index >= 15 is 0 Å². The molecule has 0 unspecified atom stereocenters. The smallest absolute Gasteiger partial charge is 0.269 e. The van der Waals surface area contributed by atoms with Gasteiger partial charge >= 0.3 is 0 Å². The van der Waals surface area contributed by atoms with Gasteiger partial charge in [0.25, 0.3) is 5.91 Å². The fourth-order valence-corrected chi connectivity index (χ4v) is 2.01. The Bertz CT molecular complexity index is 417. The maximum absolute atomic E-state index is 11.8. The minimum atomic E-state index is -0.158. The SMILES string of the molecule is CCN(CCNC(=O)c1cc(N)ccn1)C1CC1. The summed E-state index contributed by atoms with van der Waals surface area (Å²) in [5.41, 5.74) is 6.55. The summed E-state index contributed by atoms with van der Waals surface area (Å²) in [6.07, 6.45) is 4.13. The zero-order valence-corrected chi connectivity index (χ0v) is 10.7. The Balaban J connectivity index is 1.77. The summed E-state index contributed by atoms with van der Waals surface area (Å²) in [6.45, 7) is 4.74. The van der Waals surface area contributed by atoms with E-state index in [9.17, 15) is 4.79 Å². The molecule has 1 amide bonds. The monoisotopic (exact) mass is 248 g/mol. The van der Waals surface area contributed by atoms with Crippen LogP contribution in [0.3, 0.4) is 0 Å². The van der Waals surface area contributed by atoms with Gasteiger partial charge in [0.1, 0.15) is 5.69 Å². The normalized spacial score (nSPS) is 14.8. The lowest BCUT2D eigenvalue weighted by molar-refractivity contribution is 0.0943. The van der Waals surface area contributed by atoms with Crippen molar-refractivity contribution in [1.82, 2.24) is 15.2 Å². The van der Waals surface area contributed by atoms with Gasteiger partial charge in [0.2, 0.25) is 0 Å². The molecule has 5 nitrogen and oxygen atoms in total. The predicted octanol–water partition coefficient (Wildman–Crippen LogP) is 0.878. The fraction of sp³-hybridized carbons (Fsp3) is 0.538. The Hall–Kier alpha value is -1.62. The lowest BCUT2D eigenvalue weighted by Crippen LogP contribution is -2.36. The molecule has 1 aliphatic rings. The van der Waals surface area contributed by atoms with Gasteiger partial charge in [-0.1, -0.05) is 6.92 Å². The van der Waals surface area contributed by atoms with Gasteiger partial charge in [-0.25, -0.2) is 0 Å². The van der Waals surface area contributed by atoms with Crippen molar-refractivity contribution in [3.05, 3.63) is 24.0 Å². The van der Waals surface area contributed by atoms with Crippen LogP contribution >= 0.6 is 0 Å². The number of hydrogen-bond donors (Lipinski definition) is 2. The minimum absolute atomic E-state index is 0.158. The van der Waals surface area contributed by atoms with E-state index in [0.717, 1.165) is 19.1 Å². The molecule has 1 aromatic rings. The van der Waals surface area contributed by atoms with Crippen LogP contribution in [0.4, 0.5) is 5.69 Å². The van der Waals surface area contributed by atoms with Crippen molar-refractivity contribution in [2.45, 2.75) is 25.8 Å². The molecule has 1 fully saturated rings. The third-order valence-electron chi connectivity index (χ3n) is 3.17. The van der Waals surface area contributed by atoms with Gasteiger partial charge in [-0.05, 0) is 31.5 Å². The number of carbonyl (C=O) groups excluding carboxylic acids is 1. The van der Waals surface area contributed by atoms with Crippen LogP contribution in [0.2, 0.25) is 0 Å². The molecule has 0 saturated heterocycles. The van der Waals surface area contributed by atoms with Crippen LogP contribution in [0.25, 0.3) is 0 Å². The molecule has 0 bridgehead atoms. The predicted molar refractivity (Wildman–Crippen MR) is 71.3 cm³/mol. The lowest BCUT2D eigenvalue weighted by atomic mass is 10.3. The Morgan fingerprint density at radius 1 is 1.61 bits per heavy atom. The molecule has 0 atom stereocenters. The van der Waals surface area contributed by atoms with Crippen LogP contribution < -0.4 is 11.1 Å². The molecule has 2 rings (SSSR count). The van der Waals surface area contributed by atoms with Crippen LogP contribution in [0.15, 0.2) is 18.3 Å². The summed E-state index contributed by atoms with van der Waals surface area (Å²) in [7, 11) is 0. The van der Waals surface area contributed by atoms with E-state index in [1.54, 1.807) is 18.3 Å². The van der Waals surface area contributed by atoms with Crippen molar-refractivity contribution < 1.29 is 4.79 Å². The molecule has 98 valence electrons. The third kappa shape index (κ3) is 3.43. The molecule has 3 N–H and O–H groups in total. The van der Waals surface area contributed by atoms with Crippen molar-refractivity contribution in [1.29, 1.82) is 0 Å². The second-order valence-corrected chi connectivity index (χ2v) is 4.59. The topological polar surface area (TPSA) is 71.2 Å². The van der Waals surface area contributed by atoms with Gasteiger partial charge in [-0.15, -0.1) is 0 Å². The number of nitrogens with zero attached hydrogens (tertiary/aromatic N) is 2. The summed E-state index contributed by atoms with van der Waals surface area (Å²) in [5.74, 6) is -0.158. The van der Waals surface area contributed by atoms with Gasteiger partial charge < -0.3 is 11.1 Å². The zero-order valence-electron chi connectivity index (χ0n) is 10.7. The van der Waals surface area contributed by atoms with Crippen molar-refractivity contribution >= 4 is 11.6 Å². The minimum Gasteiger partial charge on any atom is -0.399 e.